The van der Waals surface area contributed by atoms with Crippen molar-refractivity contribution >= 4 is 10.0 Å². The van der Waals surface area contributed by atoms with Crippen LogP contribution in [0.4, 0.5) is 0 Å². The van der Waals surface area contributed by atoms with E-state index in [0.717, 1.165) is 18.4 Å². The molecular weight excluding hydrogens is 272 g/mol. The van der Waals surface area contributed by atoms with Crippen molar-refractivity contribution in [2.24, 2.45) is 5.92 Å². The minimum atomic E-state index is -3.36. The fourth-order valence-electron chi connectivity index (χ4n) is 2.85. The average molecular weight is 296 g/mol. The van der Waals surface area contributed by atoms with Crippen LogP contribution in [0.5, 0.6) is 0 Å². The molecule has 1 aliphatic carbocycles. The van der Waals surface area contributed by atoms with E-state index in [4.69, 9.17) is 0 Å². The van der Waals surface area contributed by atoms with Gasteiger partial charge in [-0.1, -0.05) is 25.0 Å². The second-order valence-corrected chi connectivity index (χ2v) is 7.66. The number of sulfonamides is 1. The minimum absolute atomic E-state index is 0.394. The SMILES string of the molecule is CNCc1cccc(S(=O)(=O)N(C)CC2CCCC2)c1. The molecule has 0 spiro atoms. The number of benzene rings is 1. The van der Waals surface area contributed by atoms with Crippen LogP contribution in [0.15, 0.2) is 29.2 Å². The van der Waals surface area contributed by atoms with E-state index in [0.29, 0.717) is 23.9 Å². The summed E-state index contributed by atoms with van der Waals surface area (Å²) in [6.45, 7) is 1.31. The van der Waals surface area contributed by atoms with Gasteiger partial charge in [0.25, 0.3) is 0 Å². The number of nitrogens with zero attached hydrogens (tertiary/aromatic N) is 1. The smallest absolute Gasteiger partial charge is 0.242 e. The summed E-state index contributed by atoms with van der Waals surface area (Å²) in [5.74, 6) is 0.523. The van der Waals surface area contributed by atoms with Gasteiger partial charge in [0.15, 0.2) is 0 Å². The summed E-state index contributed by atoms with van der Waals surface area (Å²) < 4.78 is 26.7. The van der Waals surface area contributed by atoms with Crippen molar-refractivity contribution in [1.29, 1.82) is 0 Å². The Hall–Kier alpha value is -0.910. The zero-order chi connectivity index (χ0) is 14.6. The van der Waals surface area contributed by atoms with Crippen LogP contribution in [-0.2, 0) is 16.6 Å². The summed E-state index contributed by atoms with van der Waals surface area (Å²) in [5, 5.41) is 3.04. The van der Waals surface area contributed by atoms with Gasteiger partial charge in [0, 0.05) is 20.1 Å². The van der Waals surface area contributed by atoms with Gasteiger partial charge in [-0.3, -0.25) is 0 Å². The van der Waals surface area contributed by atoms with Crippen molar-refractivity contribution in [2.75, 3.05) is 20.6 Å². The predicted octanol–water partition coefficient (Wildman–Crippen LogP) is 2.22. The fraction of sp³-hybridized carbons (Fsp3) is 0.600. The molecule has 0 bridgehead atoms. The molecule has 0 saturated heterocycles. The van der Waals surface area contributed by atoms with E-state index in [1.54, 1.807) is 19.2 Å². The Morgan fingerprint density at radius 1 is 1.30 bits per heavy atom. The van der Waals surface area contributed by atoms with E-state index >= 15 is 0 Å². The van der Waals surface area contributed by atoms with Gasteiger partial charge in [0.2, 0.25) is 10.0 Å². The monoisotopic (exact) mass is 296 g/mol. The Kier molecular flexibility index (Phi) is 5.18. The second-order valence-electron chi connectivity index (χ2n) is 5.61. The first-order chi connectivity index (χ1) is 9.54. The van der Waals surface area contributed by atoms with Crippen molar-refractivity contribution in [1.82, 2.24) is 9.62 Å². The number of hydrogen-bond donors (Lipinski definition) is 1. The predicted molar refractivity (Wildman–Crippen MR) is 81.0 cm³/mol. The van der Waals surface area contributed by atoms with Gasteiger partial charge in [-0.2, -0.15) is 0 Å². The van der Waals surface area contributed by atoms with E-state index in [1.807, 2.05) is 19.2 Å². The molecule has 1 aromatic carbocycles. The lowest BCUT2D eigenvalue weighted by atomic mass is 10.1. The molecule has 0 amide bonds. The molecule has 0 atom stereocenters. The zero-order valence-electron chi connectivity index (χ0n) is 12.3. The van der Waals surface area contributed by atoms with Gasteiger partial charge in [-0.15, -0.1) is 0 Å². The topological polar surface area (TPSA) is 49.4 Å². The van der Waals surface area contributed by atoms with Crippen LogP contribution < -0.4 is 5.32 Å². The summed E-state index contributed by atoms with van der Waals surface area (Å²) >= 11 is 0. The van der Waals surface area contributed by atoms with Gasteiger partial charge in [-0.25, -0.2) is 12.7 Å². The molecule has 0 unspecified atom stereocenters. The highest BCUT2D eigenvalue weighted by Gasteiger charge is 2.25. The largest absolute Gasteiger partial charge is 0.316 e. The highest BCUT2D eigenvalue weighted by molar-refractivity contribution is 7.89. The number of hydrogen-bond acceptors (Lipinski definition) is 3. The van der Waals surface area contributed by atoms with Crippen LogP contribution in [-0.4, -0.2) is 33.4 Å². The Morgan fingerprint density at radius 2 is 2.00 bits per heavy atom. The van der Waals surface area contributed by atoms with Crippen LogP contribution in [0.2, 0.25) is 0 Å². The Bertz CT molecular complexity index is 537. The molecule has 1 aromatic rings. The molecule has 1 fully saturated rings. The number of rotatable bonds is 6. The van der Waals surface area contributed by atoms with Gasteiger partial charge >= 0.3 is 0 Å². The van der Waals surface area contributed by atoms with Crippen molar-refractivity contribution in [3.63, 3.8) is 0 Å². The Morgan fingerprint density at radius 3 is 2.65 bits per heavy atom. The fourth-order valence-corrected chi connectivity index (χ4v) is 4.17. The van der Waals surface area contributed by atoms with E-state index < -0.39 is 10.0 Å². The van der Waals surface area contributed by atoms with E-state index in [1.165, 1.54) is 17.1 Å². The van der Waals surface area contributed by atoms with Crippen LogP contribution >= 0.6 is 0 Å². The van der Waals surface area contributed by atoms with Crippen LogP contribution in [0.1, 0.15) is 31.2 Å². The molecule has 0 radical (unpaired) electrons. The lowest BCUT2D eigenvalue weighted by Crippen LogP contribution is -2.31. The lowest BCUT2D eigenvalue weighted by Gasteiger charge is -2.21. The summed E-state index contributed by atoms with van der Waals surface area (Å²) in [6, 6.07) is 7.19. The molecule has 0 aromatic heterocycles. The standard InChI is InChI=1S/C15H24N2O2S/c1-16-11-14-8-5-9-15(10-14)20(18,19)17(2)12-13-6-3-4-7-13/h5,8-10,13,16H,3-4,6-7,11-12H2,1-2H3. The molecule has 1 aliphatic rings. The molecule has 2 rings (SSSR count). The van der Waals surface area contributed by atoms with Gasteiger partial charge in [-0.05, 0) is 43.5 Å². The quantitative estimate of drug-likeness (QED) is 0.875. The third-order valence-electron chi connectivity index (χ3n) is 3.98. The van der Waals surface area contributed by atoms with Crippen molar-refractivity contribution < 1.29 is 8.42 Å². The lowest BCUT2D eigenvalue weighted by molar-refractivity contribution is 0.387. The Labute approximate surface area is 122 Å². The summed E-state index contributed by atoms with van der Waals surface area (Å²) in [5.41, 5.74) is 0.989. The van der Waals surface area contributed by atoms with Crippen molar-refractivity contribution in [3.05, 3.63) is 29.8 Å². The molecule has 1 saturated carbocycles. The molecule has 0 aliphatic heterocycles. The first kappa shape index (κ1) is 15.5. The van der Waals surface area contributed by atoms with E-state index in [9.17, 15) is 8.42 Å². The maximum Gasteiger partial charge on any atom is 0.242 e. The highest BCUT2D eigenvalue weighted by Crippen LogP contribution is 2.27. The first-order valence-electron chi connectivity index (χ1n) is 7.24. The minimum Gasteiger partial charge on any atom is -0.316 e. The number of nitrogens with one attached hydrogen (secondary N) is 1. The highest BCUT2D eigenvalue weighted by atomic mass is 32.2. The summed E-state index contributed by atoms with van der Waals surface area (Å²) in [6.07, 6.45) is 4.77. The van der Waals surface area contributed by atoms with Crippen molar-refractivity contribution in [3.8, 4) is 0 Å². The Balaban J connectivity index is 2.13. The average Bonchev–Trinajstić information content (AvgIpc) is 2.92. The molecule has 4 nitrogen and oxygen atoms in total. The summed E-state index contributed by atoms with van der Waals surface area (Å²) in [7, 11) is 0.186. The maximum atomic E-state index is 12.6. The van der Waals surface area contributed by atoms with Crippen LogP contribution in [0, 0.1) is 5.92 Å². The zero-order valence-corrected chi connectivity index (χ0v) is 13.1. The third-order valence-corrected chi connectivity index (χ3v) is 5.80. The molecule has 1 N–H and O–H groups in total. The third kappa shape index (κ3) is 3.59. The van der Waals surface area contributed by atoms with E-state index in [2.05, 4.69) is 5.32 Å². The maximum absolute atomic E-state index is 12.6. The second kappa shape index (κ2) is 6.70. The molecule has 5 heteroatoms. The van der Waals surface area contributed by atoms with Crippen LogP contribution in [0.25, 0.3) is 0 Å². The molecule has 112 valence electrons. The summed E-state index contributed by atoms with van der Waals surface area (Å²) in [4.78, 5) is 0.394. The van der Waals surface area contributed by atoms with Crippen molar-refractivity contribution in [2.45, 2.75) is 37.1 Å². The van der Waals surface area contributed by atoms with Gasteiger partial charge < -0.3 is 5.32 Å². The first-order valence-corrected chi connectivity index (χ1v) is 8.68. The normalized spacial score (nSPS) is 16.9. The molecule has 0 heterocycles. The van der Waals surface area contributed by atoms with E-state index in [-0.39, 0.29) is 0 Å². The van der Waals surface area contributed by atoms with Gasteiger partial charge in [0.05, 0.1) is 4.90 Å². The molecule has 20 heavy (non-hydrogen) atoms. The molecular formula is C15H24N2O2S. The van der Waals surface area contributed by atoms with Crippen LogP contribution in [0.3, 0.4) is 0 Å². The van der Waals surface area contributed by atoms with Gasteiger partial charge in [0.1, 0.15) is 0 Å².